The molecular weight excluding hydrogens is 310 g/mol. The molecule has 0 bridgehead atoms. The number of furan rings is 1. The van der Waals surface area contributed by atoms with Crippen LogP contribution in [0.4, 0.5) is 0 Å². The molecular formula is C17H23N3O2S. The van der Waals surface area contributed by atoms with Crippen LogP contribution in [-0.4, -0.2) is 35.4 Å². The highest BCUT2D eigenvalue weighted by atomic mass is 32.1. The largest absolute Gasteiger partial charge is 0.455 e. The second-order valence-electron chi connectivity index (χ2n) is 5.84. The fraction of sp³-hybridized carbons (Fsp3) is 0.529. The van der Waals surface area contributed by atoms with Gasteiger partial charge in [0.25, 0.3) is 5.91 Å². The first-order valence-corrected chi connectivity index (χ1v) is 9.15. The Hall–Kier alpha value is -1.66. The average Bonchev–Trinajstić information content (AvgIpc) is 3.28. The monoisotopic (exact) mass is 333 g/mol. The van der Waals surface area contributed by atoms with Gasteiger partial charge in [-0.3, -0.25) is 9.69 Å². The van der Waals surface area contributed by atoms with Gasteiger partial charge >= 0.3 is 0 Å². The topological polar surface area (TPSA) is 58.4 Å². The highest BCUT2D eigenvalue weighted by Gasteiger charge is 2.16. The number of nitrogens with zero attached hydrogens (tertiary/aromatic N) is 2. The van der Waals surface area contributed by atoms with Gasteiger partial charge in [-0.15, -0.1) is 11.3 Å². The fourth-order valence-corrected chi connectivity index (χ4v) is 3.62. The van der Waals surface area contributed by atoms with Gasteiger partial charge in [0.2, 0.25) is 0 Å². The van der Waals surface area contributed by atoms with Gasteiger partial charge in [-0.2, -0.15) is 0 Å². The molecule has 3 heterocycles. The Morgan fingerprint density at radius 2 is 2.22 bits per heavy atom. The number of hydrogen-bond donors (Lipinski definition) is 1. The lowest BCUT2D eigenvalue weighted by atomic mass is 10.3. The van der Waals surface area contributed by atoms with Gasteiger partial charge < -0.3 is 9.73 Å². The normalized spacial score (nSPS) is 15.2. The molecule has 1 aliphatic rings. The van der Waals surface area contributed by atoms with Crippen LogP contribution >= 0.6 is 11.3 Å². The predicted octanol–water partition coefficient (Wildman–Crippen LogP) is 2.87. The molecule has 0 aliphatic carbocycles. The average molecular weight is 333 g/mol. The molecule has 0 atom stereocenters. The van der Waals surface area contributed by atoms with Crippen molar-refractivity contribution in [3.05, 3.63) is 39.7 Å². The summed E-state index contributed by atoms with van der Waals surface area (Å²) in [6.45, 7) is 5.71. The number of nitrogens with one attached hydrogen (secondary N) is 1. The van der Waals surface area contributed by atoms with Crippen LogP contribution in [0.15, 0.2) is 21.9 Å². The van der Waals surface area contributed by atoms with Crippen molar-refractivity contribution in [1.82, 2.24) is 15.2 Å². The third kappa shape index (κ3) is 4.42. The van der Waals surface area contributed by atoms with E-state index in [9.17, 15) is 4.79 Å². The Morgan fingerprint density at radius 1 is 1.39 bits per heavy atom. The SMILES string of the molecule is CCc1csc(CCNC(=O)c2ccc(CN3CCCC3)o2)n1. The lowest BCUT2D eigenvalue weighted by molar-refractivity contribution is 0.0923. The van der Waals surface area contributed by atoms with E-state index >= 15 is 0 Å². The third-order valence-electron chi connectivity index (χ3n) is 4.05. The number of thiazole rings is 1. The summed E-state index contributed by atoms with van der Waals surface area (Å²) >= 11 is 1.65. The predicted molar refractivity (Wildman–Crippen MR) is 90.7 cm³/mol. The van der Waals surface area contributed by atoms with Gasteiger partial charge in [-0.05, 0) is 44.5 Å². The van der Waals surface area contributed by atoms with Crippen LogP contribution in [0.3, 0.4) is 0 Å². The molecule has 1 saturated heterocycles. The maximum atomic E-state index is 12.1. The molecule has 5 nitrogen and oxygen atoms in total. The number of likely N-dealkylation sites (tertiary alicyclic amines) is 1. The maximum absolute atomic E-state index is 12.1. The minimum absolute atomic E-state index is 0.148. The van der Waals surface area contributed by atoms with Crippen molar-refractivity contribution in [3.63, 3.8) is 0 Å². The molecule has 0 unspecified atom stereocenters. The van der Waals surface area contributed by atoms with Crippen molar-refractivity contribution in [2.75, 3.05) is 19.6 Å². The molecule has 0 radical (unpaired) electrons. The van der Waals surface area contributed by atoms with Crippen LogP contribution in [0.1, 0.15) is 46.8 Å². The maximum Gasteiger partial charge on any atom is 0.287 e. The van der Waals surface area contributed by atoms with E-state index < -0.39 is 0 Å². The molecule has 2 aromatic heterocycles. The number of carbonyl (C=O) groups excluding carboxylic acids is 1. The molecule has 23 heavy (non-hydrogen) atoms. The van der Waals surface area contributed by atoms with Crippen LogP contribution < -0.4 is 5.32 Å². The van der Waals surface area contributed by atoms with E-state index in [4.69, 9.17) is 4.42 Å². The highest BCUT2D eigenvalue weighted by molar-refractivity contribution is 7.09. The molecule has 6 heteroatoms. The van der Waals surface area contributed by atoms with E-state index in [1.165, 1.54) is 12.8 Å². The zero-order valence-corrected chi connectivity index (χ0v) is 14.3. The second-order valence-corrected chi connectivity index (χ2v) is 6.78. The van der Waals surface area contributed by atoms with Crippen molar-refractivity contribution < 1.29 is 9.21 Å². The molecule has 124 valence electrons. The van der Waals surface area contributed by atoms with Crippen LogP contribution in [0, 0.1) is 0 Å². The number of aryl methyl sites for hydroxylation is 1. The number of aromatic nitrogens is 1. The molecule has 0 aromatic carbocycles. The zero-order chi connectivity index (χ0) is 16.1. The summed E-state index contributed by atoms with van der Waals surface area (Å²) in [5.41, 5.74) is 1.12. The van der Waals surface area contributed by atoms with Crippen LogP contribution in [-0.2, 0) is 19.4 Å². The minimum Gasteiger partial charge on any atom is -0.455 e. The smallest absolute Gasteiger partial charge is 0.287 e. The quantitative estimate of drug-likeness (QED) is 0.846. The molecule has 1 aliphatic heterocycles. The van der Waals surface area contributed by atoms with Crippen LogP contribution in [0.25, 0.3) is 0 Å². The van der Waals surface area contributed by atoms with Crippen molar-refractivity contribution >= 4 is 17.2 Å². The first-order chi connectivity index (χ1) is 11.2. The molecule has 1 amide bonds. The van der Waals surface area contributed by atoms with Gasteiger partial charge in [-0.25, -0.2) is 4.98 Å². The lowest BCUT2D eigenvalue weighted by Crippen LogP contribution is -2.25. The summed E-state index contributed by atoms with van der Waals surface area (Å²) in [5, 5.41) is 6.05. The Kier molecular flexibility index (Phi) is 5.46. The van der Waals surface area contributed by atoms with Crippen molar-refractivity contribution in [3.8, 4) is 0 Å². The zero-order valence-electron chi connectivity index (χ0n) is 13.5. The summed E-state index contributed by atoms with van der Waals surface area (Å²) in [7, 11) is 0. The van der Waals surface area contributed by atoms with E-state index in [1.807, 2.05) is 6.07 Å². The highest BCUT2D eigenvalue weighted by Crippen LogP contribution is 2.15. The van der Waals surface area contributed by atoms with Crippen molar-refractivity contribution in [2.45, 2.75) is 39.2 Å². The number of amides is 1. The standard InChI is InChI=1S/C17H23N3O2S/c1-2-13-12-23-16(19-13)7-8-18-17(21)15-6-5-14(22-15)11-20-9-3-4-10-20/h5-6,12H,2-4,7-11H2,1H3,(H,18,21). The molecule has 2 aromatic rings. The molecule has 1 N–H and O–H groups in total. The van der Waals surface area contributed by atoms with Crippen LogP contribution in [0.2, 0.25) is 0 Å². The summed E-state index contributed by atoms with van der Waals surface area (Å²) in [6, 6.07) is 3.67. The number of hydrogen-bond acceptors (Lipinski definition) is 5. The number of carbonyl (C=O) groups is 1. The summed E-state index contributed by atoms with van der Waals surface area (Å²) in [5.74, 6) is 1.11. The second kappa shape index (κ2) is 7.75. The van der Waals surface area contributed by atoms with Crippen molar-refractivity contribution in [1.29, 1.82) is 0 Å². The molecule has 1 fully saturated rings. The minimum atomic E-state index is -0.148. The third-order valence-corrected chi connectivity index (χ3v) is 5.01. The first kappa shape index (κ1) is 16.2. The first-order valence-electron chi connectivity index (χ1n) is 8.27. The van der Waals surface area contributed by atoms with Gasteiger partial charge in [0.05, 0.1) is 17.2 Å². The van der Waals surface area contributed by atoms with Gasteiger partial charge in [-0.1, -0.05) is 6.92 Å². The summed E-state index contributed by atoms with van der Waals surface area (Å²) < 4.78 is 5.66. The van der Waals surface area contributed by atoms with E-state index in [1.54, 1.807) is 17.4 Å². The Bertz CT molecular complexity index is 644. The molecule has 0 saturated carbocycles. The lowest BCUT2D eigenvalue weighted by Gasteiger charge is -2.11. The van der Waals surface area contributed by atoms with E-state index in [0.29, 0.717) is 12.3 Å². The summed E-state index contributed by atoms with van der Waals surface area (Å²) in [6.07, 6.45) is 4.22. The van der Waals surface area contributed by atoms with Gasteiger partial charge in [0, 0.05) is 18.3 Å². The van der Waals surface area contributed by atoms with Crippen molar-refractivity contribution in [2.24, 2.45) is 0 Å². The molecule has 3 rings (SSSR count). The summed E-state index contributed by atoms with van der Waals surface area (Å²) in [4.78, 5) is 19.0. The van der Waals surface area contributed by atoms with Gasteiger partial charge in [0.1, 0.15) is 5.76 Å². The number of rotatable bonds is 7. The van der Waals surface area contributed by atoms with E-state index in [0.717, 1.165) is 48.9 Å². The van der Waals surface area contributed by atoms with Crippen LogP contribution in [0.5, 0.6) is 0 Å². The Labute approximate surface area is 140 Å². The van der Waals surface area contributed by atoms with E-state index in [-0.39, 0.29) is 5.91 Å². The Balaban J connectivity index is 1.45. The Morgan fingerprint density at radius 3 is 2.96 bits per heavy atom. The van der Waals surface area contributed by atoms with E-state index in [2.05, 4.69) is 27.5 Å². The fourth-order valence-electron chi connectivity index (χ4n) is 2.74. The molecule has 0 spiro atoms. The van der Waals surface area contributed by atoms with Gasteiger partial charge in [0.15, 0.2) is 5.76 Å².